The number of nitrogens with one attached hydrogen (secondary N) is 2. The second-order valence-electron chi connectivity index (χ2n) is 6.33. The van der Waals surface area contributed by atoms with Crippen LogP contribution < -0.4 is 10.9 Å². The fourth-order valence-electron chi connectivity index (χ4n) is 2.67. The molecule has 1 aliphatic heterocycles. The number of hydrogen-bond donors (Lipinski definition) is 2. The molecule has 1 fully saturated rings. The van der Waals surface area contributed by atoms with Gasteiger partial charge in [0.2, 0.25) is 5.91 Å². The minimum absolute atomic E-state index is 0.135. The van der Waals surface area contributed by atoms with Crippen molar-refractivity contribution in [1.29, 1.82) is 0 Å². The quantitative estimate of drug-likeness (QED) is 0.390. The van der Waals surface area contributed by atoms with Gasteiger partial charge in [0, 0.05) is 23.6 Å². The Labute approximate surface area is 188 Å². The number of carbonyl (C=O) groups is 3. The summed E-state index contributed by atoms with van der Waals surface area (Å²) in [6.07, 6.45) is 2.25. The molecule has 3 rings (SSSR count). The Hall–Kier alpha value is -2.68. The van der Waals surface area contributed by atoms with Crippen LogP contribution in [0.1, 0.15) is 28.8 Å². The number of rotatable bonds is 6. The fourth-order valence-corrected chi connectivity index (χ4v) is 4.16. The van der Waals surface area contributed by atoms with Crippen LogP contribution in [0, 0.1) is 0 Å². The highest BCUT2D eigenvalue weighted by atomic mass is 35.5. The number of carbonyl (C=O) groups excluding carboxylic acids is 3. The highest BCUT2D eigenvalue weighted by Gasteiger charge is 2.31. The van der Waals surface area contributed by atoms with Crippen LogP contribution in [0.2, 0.25) is 5.02 Å². The molecule has 0 bridgehead atoms. The minimum Gasteiger partial charge on any atom is -0.293 e. The van der Waals surface area contributed by atoms with E-state index in [9.17, 15) is 14.4 Å². The summed E-state index contributed by atoms with van der Waals surface area (Å²) >= 11 is 12.7. The Balaban J connectivity index is 1.47. The van der Waals surface area contributed by atoms with E-state index >= 15 is 0 Å². The number of amides is 3. The molecule has 2 aromatic rings. The number of halogens is 1. The van der Waals surface area contributed by atoms with E-state index in [0.29, 0.717) is 32.8 Å². The fraction of sp³-hybridized carbons (Fsp3) is 0.143. The number of benzene rings is 2. The first-order valence-corrected chi connectivity index (χ1v) is 10.7. The molecule has 9 heteroatoms. The SMILES string of the molecule is O=C(CCCN1C(=O)C(=Cc2ccccc2Cl)SC1=S)NNC(=O)c1ccccc1. The minimum atomic E-state index is -0.398. The number of nitrogens with zero attached hydrogens (tertiary/aromatic N) is 1. The van der Waals surface area contributed by atoms with Crippen LogP contribution in [-0.4, -0.2) is 33.5 Å². The van der Waals surface area contributed by atoms with Crippen LogP contribution in [-0.2, 0) is 9.59 Å². The summed E-state index contributed by atoms with van der Waals surface area (Å²) in [4.78, 5) is 38.5. The molecule has 0 unspecified atom stereocenters. The lowest BCUT2D eigenvalue weighted by Gasteiger charge is -2.14. The van der Waals surface area contributed by atoms with Crippen molar-refractivity contribution < 1.29 is 14.4 Å². The van der Waals surface area contributed by atoms with Crippen molar-refractivity contribution in [3.05, 3.63) is 75.7 Å². The summed E-state index contributed by atoms with van der Waals surface area (Å²) in [5.41, 5.74) is 5.92. The molecular formula is C21H18ClN3O3S2. The average Bonchev–Trinajstić information content (AvgIpc) is 3.01. The van der Waals surface area contributed by atoms with Gasteiger partial charge in [-0.05, 0) is 36.3 Å². The van der Waals surface area contributed by atoms with Gasteiger partial charge in [-0.25, -0.2) is 0 Å². The first-order chi connectivity index (χ1) is 14.5. The van der Waals surface area contributed by atoms with E-state index in [4.69, 9.17) is 23.8 Å². The maximum absolute atomic E-state index is 12.6. The van der Waals surface area contributed by atoms with Gasteiger partial charge in [-0.3, -0.25) is 30.1 Å². The molecule has 154 valence electrons. The number of thiocarbonyl (C=S) groups is 1. The van der Waals surface area contributed by atoms with Gasteiger partial charge in [0.15, 0.2) is 0 Å². The van der Waals surface area contributed by atoms with E-state index in [-0.39, 0.29) is 18.2 Å². The third-order valence-electron chi connectivity index (χ3n) is 4.20. The zero-order valence-corrected chi connectivity index (χ0v) is 18.2. The monoisotopic (exact) mass is 459 g/mol. The van der Waals surface area contributed by atoms with Crippen molar-refractivity contribution in [3.63, 3.8) is 0 Å². The highest BCUT2D eigenvalue weighted by molar-refractivity contribution is 8.26. The van der Waals surface area contributed by atoms with Gasteiger partial charge in [0.1, 0.15) is 4.32 Å². The Morgan fingerprint density at radius 3 is 2.50 bits per heavy atom. The second kappa shape index (κ2) is 10.4. The van der Waals surface area contributed by atoms with Crippen LogP contribution >= 0.6 is 35.6 Å². The van der Waals surface area contributed by atoms with Gasteiger partial charge in [0.05, 0.1) is 4.91 Å². The largest absolute Gasteiger partial charge is 0.293 e. The molecular weight excluding hydrogens is 442 g/mol. The van der Waals surface area contributed by atoms with Gasteiger partial charge in [-0.1, -0.05) is 72.0 Å². The molecule has 6 nitrogen and oxygen atoms in total. The second-order valence-corrected chi connectivity index (χ2v) is 8.41. The number of thioether (sulfide) groups is 1. The number of hydrazine groups is 1. The first kappa shape index (κ1) is 22.0. The molecule has 1 saturated heterocycles. The highest BCUT2D eigenvalue weighted by Crippen LogP contribution is 2.33. The third kappa shape index (κ3) is 5.69. The van der Waals surface area contributed by atoms with Crippen molar-refractivity contribution in [3.8, 4) is 0 Å². The summed E-state index contributed by atoms with van der Waals surface area (Å²) in [6.45, 7) is 0.310. The lowest BCUT2D eigenvalue weighted by Crippen LogP contribution is -2.41. The lowest BCUT2D eigenvalue weighted by atomic mass is 10.2. The molecule has 0 aliphatic carbocycles. The Bertz CT molecular complexity index is 1010. The van der Waals surface area contributed by atoms with Gasteiger partial charge >= 0.3 is 0 Å². The van der Waals surface area contributed by atoms with E-state index in [0.717, 1.165) is 5.56 Å². The Morgan fingerprint density at radius 2 is 1.77 bits per heavy atom. The topological polar surface area (TPSA) is 78.5 Å². The maximum atomic E-state index is 12.6. The summed E-state index contributed by atoms with van der Waals surface area (Å²) in [5, 5.41) is 0.553. The van der Waals surface area contributed by atoms with Crippen LogP contribution in [0.15, 0.2) is 59.5 Å². The molecule has 2 N–H and O–H groups in total. The Kier molecular flexibility index (Phi) is 7.62. The predicted octanol–water partition coefficient (Wildman–Crippen LogP) is 3.78. The zero-order chi connectivity index (χ0) is 21.5. The van der Waals surface area contributed by atoms with E-state index < -0.39 is 5.91 Å². The maximum Gasteiger partial charge on any atom is 0.269 e. The van der Waals surface area contributed by atoms with Crippen molar-refractivity contribution in [2.45, 2.75) is 12.8 Å². The van der Waals surface area contributed by atoms with Crippen molar-refractivity contribution in [1.82, 2.24) is 15.8 Å². The molecule has 0 atom stereocenters. The standard InChI is InChI=1S/C21H18ClN3O3S2/c22-16-10-5-4-9-15(16)13-17-20(28)25(21(29)30-17)12-6-11-18(26)23-24-19(27)14-7-2-1-3-8-14/h1-5,7-10,13H,6,11-12H2,(H,23,26)(H,24,27). The summed E-state index contributed by atoms with van der Waals surface area (Å²) in [6, 6.07) is 15.8. The van der Waals surface area contributed by atoms with E-state index in [1.807, 2.05) is 18.2 Å². The first-order valence-electron chi connectivity index (χ1n) is 9.10. The van der Waals surface area contributed by atoms with Crippen LogP contribution in [0.25, 0.3) is 6.08 Å². The normalized spacial score (nSPS) is 14.8. The molecule has 30 heavy (non-hydrogen) atoms. The van der Waals surface area contributed by atoms with Crippen molar-refractivity contribution in [2.75, 3.05) is 6.54 Å². The van der Waals surface area contributed by atoms with Crippen molar-refractivity contribution >= 4 is 63.7 Å². The summed E-state index contributed by atoms with van der Waals surface area (Å²) in [5.74, 6) is -0.954. The van der Waals surface area contributed by atoms with E-state index in [1.165, 1.54) is 16.7 Å². The van der Waals surface area contributed by atoms with Gasteiger partial charge in [-0.15, -0.1) is 0 Å². The van der Waals surface area contributed by atoms with Gasteiger partial charge in [0.25, 0.3) is 11.8 Å². The molecule has 3 amide bonds. The molecule has 1 aliphatic rings. The Morgan fingerprint density at radius 1 is 1.07 bits per heavy atom. The summed E-state index contributed by atoms with van der Waals surface area (Å²) < 4.78 is 0.441. The van der Waals surface area contributed by atoms with Crippen LogP contribution in [0.3, 0.4) is 0 Å². The third-order valence-corrected chi connectivity index (χ3v) is 5.92. The van der Waals surface area contributed by atoms with E-state index in [2.05, 4.69) is 10.9 Å². The molecule has 0 radical (unpaired) electrons. The molecule has 2 aromatic carbocycles. The van der Waals surface area contributed by atoms with Gasteiger partial charge < -0.3 is 0 Å². The smallest absolute Gasteiger partial charge is 0.269 e. The average molecular weight is 460 g/mol. The van der Waals surface area contributed by atoms with Crippen LogP contribution in [0.4, 0.5) is 0 Å². The molecule has 0 spiro atoms. The number of hydrogen-bond acceptors (Lipinski definition) is 5. The lowest BCUT2D eigenvalue weighted by molar-refractivity contribution is -0.124. The molecule has 1 heterocycles. The van der Waals surface area contributed by atoms with E-state index in [1.54, 1.807) is 42.5 Å². The van der Waals surface area contributed by atoms with Crippen molar-refractivity contribution in [2.24, 2.45) is 0 Å². The molecule has 0 aromatic heterocycles. The molecule has 0 saturated carbocycles. The predicted molar refractivity (Wildman–Crippen MR) is 123 cm³/mol. The van der Waals surface area contributed by atoms with Gasteiger partial charge in [-0.2, -0.15) is 0 Å². The zero-order valence-electron chi connectivity index (χ0n) is 15.8. The summed E-state index contributed by atoms with van der Waals surface area (Å²) in [7, 11) is 0. The van der Waals surface area contributed by atoms with Crippen LogP contribution in [0.5, 0.6) is 0 Å².